The van der Waals surface area contributed by atoms with Crippen molar-refractivity contribution in [1.29, 1.82) is 0 Å². The van der Waals surface area contributed by atoms with Gasteiger partial charge in [0.15, 0.2) is 6.04 Å². The van der Waals surface area contributed by atoms with Gasteiger partial charge in [-0.25, -0.2) is 9.78 Å². The Kier molecular flexibility index (Phi) is 4.92. The molecule has 0 saturated carbocycles. The molecule has 1 atom stereocenters. The van der Waals surface area contributed by atoms with Crippen LogP contribution >= 0.6 is 15.9 Å². The predicted molar refractivity (Wildman–Crippen MR) is 82.0 cm³/mol. The van der Waals surface area contributed by atoms with Gasteiger partial charge in [0.2, 0.25) is 5.82 Å². The van der Waals surface area contributed by atoms with Gasteiger partial charge in [-0.05, 0) is 17.7 Å². The summed E-state index contributed by atoms with van der Waals surface area (Å²) in [7, 11) is 4.46. The van der Waals surface area contributed by atoms with E-state index in [9.17, 15) is 9.59 Å². The monoisotopic (exact) mass is 366 g/mol. The van der Waals surface area contributed by atoms with Crippen LogP contribution in [0.2, 0.25) is 0 Å². The van der Waals surface area contributed by atoms with E-state index < -0.39 is 17.9 Å². The number of carbonyl (C=O) groups excluding carboxylic acids is 2. The minimum atomic E-state index is -0.876. The molecule has 2 aromatic rings. The number of amides is 1. The predicted octanol–water partition coefficient (Wildman–Crippen LogP) is 1.56. The van der Waals surface area contributed by atoms with Gasteiger partial charge in [0.1, 0.15) is 6.33 Å². The van der Waals surface area contributed by atoms with Crippen molar-refractivity contribution < 1.29 is 14.3 Å². The number of likely N-dealkylation sites (N-methyl/N-ethyl adjacent to an activating group) is 1. The summed E-state index contributed by atoms with van der Waals surface area (Å²) in [6, 6.07) is 6.25. The van der Waals surface area contributed by atoms with Crippen LogP contribution in [0.25, 0.3) is 0 Å². The van der Waals surface area contributed by atoms with E-state index in [0.717, 1.165) is 4.47 Å². The summed E-state index contributed by atoms with van der Waals surface area (Å²) in [5.41, 5.74) is 0.632. The Bertz CT molecular complexity index is 701. The van der Waals surface area contributed by atoms with Crippen molar-refractivity contribution in [3.05, 3.63) is 46.5 Å². The average Bonchev–Trinajstić information content (AvgIpc) is 2.93. The fourth-order valence-electron chi connectivity index (χ4n) is 2.02. The first-order valence-corrected chi connectivity index (χ1v) is 7.19. The van der Waals surface area contributed by atoms with Crippen LogP contribution in [0.5, 0.6) is 0 Å². The Hall–Kier alpha value is -2.22. The number of methoxy groups -OCH3 is 1. The number of benzene rings is 1. The van der Waals surface area contributed by atoms with Crippen molar-refractivity contribution in [2.45, 2.75) is 6.04 Å². The minimum Gasteiger partial charge on any atom is -0.467 e. The van der Waals surface area contributed by atoms with Gasteiger partial charge in [-0.3, -0.25) is 9.48 Å². The van der Waals surface area contributed by atoms with Crippen LogP contribution in [0.15, 0.2) is 35.1 Å². The van der Waals surface area contributed by atoms with E-state index in [1.54, 1.807) is 25.2 Å². The molecule has 0 aliphatic heterocycles. The Balaban J connectivity index is 2.37. The Labute approximate surface area is 136 Å². The van der Waals surface area contributed by atoms with Crippen LogP contribution in [0.3, 0.4) is 0 Å². The zero-order chi connectivity index (χ0) is 16.3. The molecule has 116 valence electrons. The van der Waals surface area contributed by atoms with Crippen molar-refractivity contribution in [3.63, 3.8) is 0 Å². The zero-order valence-electron chi connectivity index (χ0n) is 12.4. The average molecular weight is 367 g/mol. The van der Waals surface area contributed by atoms with Crippen molar-refractivity contribution in [3.8, 4) is 0 Å². The summed E-state index contributed by atoms with van der Waals surface area (Å²) in [4.78, 5) is 29.8. The maximum atomic E-state index is 12.4. The number of rotatable bonds is 4. The summed E-state index contributed by atoms with van der Waals surface area (Å²) >= 11 is 3.35. The molecule has 0 saturated heterocycles. The number of nitrogens with zero attached hydrogens (tertiary/aromatic N) is 4. The molecule has 2 rings (SSSR count). The van der Waals surface area contributed by atoms with Crippen LogP contribution in [0.1, 0.15) is 22.2 Å². The molecule has 0 N–H and O–H groups in total. The van der Waals surface area contributed by atoms with Crippen molar-refractivity contribution in [1.82, 2.24) is 19.7 Å². The molecule has 1 heterocycles. The molecule has 7 nitrogen and oxygen atoms in total. The van der Waals surface area contributed by atoms with Gasteiger partial charge in [-0.15, -0.1) is 5.10 Å². The number of carbonyl (C=O) groups is 2. The smallest absolute Gasteiger partial charge is 0.333 e. The topological polar surface area (TPSA) is 77.3 Å². The number of aromatic nitrogens is 3. The minimum absolute atomic E-state index is 0.0221. The molecule has 22 heavy (non-hydrogen) atoms. The summed E-state index contributed by atoms with van der Waals surface area (Å²) < 4.78 is 7.05. The van der Waals surface area contributed by atoms with Gasteiger partial charge in [-0.2, -0.15) is 0 Å². The molecule has 1 amide bonds. The summed E-state index contributed by atoms with van der Waals surface area (Å²) in [6.07, 6.45) is 1.42. The molecule has 0 radical (unpaired) electrons. The van der Waals surface area contributed by atoms with Gasteiger partial charge in [0.05, 0.1) is 7.11 Å². The van der Waals surface area contributed by atoms with Gasteiger partial charge in [0, 0.05) is 18.6 Å². The molecule has 0 fully saturated rings. The molecule has 1 aromatic heterocycles. The summed E-state index contributed by atoms with van der Waals surface area (Å²) in [6.45, 7) is 0. The second-order valence-electron chi connectivity index (χ2n) is 4.64. The van der Waals surface area contributed by atoms with E-state index in [1.807, 2.05) is 6.07 Å². The highest BCUT2D eigenvalue weighted by Crippen LogP contribution is 2.24. The lowest BCUT2D eigenvalue weighted by Gasteiger charge is -2.25. The van der Waals surface area contributed by atoms with Crippen LogP contribution < -0.4 is 0 Å². The Morgan fingerprint density at radius 2 is 2.14 bits per heavy atom. The first-order valence-electron chi connectivity index (χ1n) is 6.40. The highest BCUT2D eigenvalue weighted by atomic mass is 79.9. The molecule has 1 aromatic carbocycles. The lowest BCUT2D eigenvalue weighted by molar-refractivity contribution is -0.145. The molecule has 0 aliphatic carbocycles. The largest absolute Gasteiger partial charge is 0.467 e. The molecule has 0 aliphatic rings. The van der Waals surface area contributed by atoms with E-state index in [2.05, 4.69) is 26.0 Å². The third kappa shape index (κ3) is 3.33. The SMILES string of the molecule is COC(=O)C(c1cccc(Br)c1)N(C)C(=O)c1ncn(C)n1. The van der Waals surface area contributed by atoms with E-state index >= 15 is 0 Å². The number of aryl methyl sites for hydroxylation is 1. The van der Waals surface area contributed by atoms with Gasteiger partial charge >= 0.3 is 5.97 Å². The van der Waals surface area contributed by atoms with Gasteiger partial charge in [0.25, 0.3) is 5.91 Å². The molecule has 1 unspecified atom stereocenters. The normalized spacial score (nSPS) is 11.8. The number of ether oxygens (including phenoxy) is 1. The first-order chi connectivity index (χ1) is 10.4. The number of halogens is 1. The molecule has 0 bridgehead atoms. The maximum Gasteiger partial charge on any atom is 0.333 e. The zero-order valence-corrected chi connectivity index (χ0v) is 13.9. The summed E-state index contributed by atoms with van der Waals surface area (Å²) in [5, 5.41) is 3.96. The summed E-state index contributed by atoms with van der Waals surface area (Å²) in [5.74, 6) is -0.977. The van der Waals surface area contributed by atoms with E-state index in [4.69, 9.17) is 4.74 Å². The fourth-order valence-corrected chi connectivity index (χ4v) is 2.44. The van der Waals surface area contributed by atoms with Crippen molar-refractivity contribution in [2.24, 2.45) is 7.05 Å². The maximum absolute atomic E-state index is 12.4. The number of esters is 1. The van der Waals surface area contributed by atoms with Crippen LogP contribution in [0.4, 0.5) is 0 Å². The van der Waals surface area contributed by atoms with Crippen LogP contribution in [0, 0.1) is 0 Å². The van der Waals surface area contributed by atoms with E-state index in [1.165, 1.54) is 30.1 Å². The van der Waals surface area contributed by atoms with Crippen molar-refractivity contribution >= 4 is 27.8 Å². The van der Waals surface area contributed by atoms with Crippen molar-refractivity contribution in [2.75, 3.05) is 14.2 Å². The molecular weight excluding hydrogens is 352 g/mol. The second kappa shape index (κ2) is 6.69. The Morgan fingerprint density at radius 3 is 2.68 bits per heavy atom. The first kappa shape index (κ1) is 16.2. The van der Waals surface area contributed by atoms with E-state index in [-0.39, 0.29) is 5.82 Å². The number of hydrogen-bond acceptors (Lipinski definition) is 5. The van der Waals surface area contributed by atoms with Gasteiger partial charge in [-0.1, -0.05) is 28.1 Å². The number of hydrogen-bond donors (Lipinski definition) is 0. The second-order valence-corrected chi connectivity index (χ2v) is 5.55. The highest BCUT2D eigenvalue weighted by Gasteiger charge is 2.31. The third-order valence-electron chi connectivity index (χ3n) is 3.09. The van der Waals surface area contributed by atoms with Crippen LogP contribution in [-0.2, 0) is 16.6 Å². The third-order valence-corrected chi connectivity index (χ3v) is 3.58. The highest BCUT2D eigenvalue weighted by molar-refractivity contribution is 9.10. The molecular formula is C14H15BrN4O3. The molecule has 0 spiro atoms. The van der Waals surface area contributed by atoms with Gasteiger partial charge < -0.3 is 9.64 Å². The fraction of sp³-hybridized carbons (Fsp3) is 0.286. The standard InChI is InChI=1S/C14H15BrN4O3/c1-18-8-16-12(17-18)13(20)19(2)11(14(21)22-3)9-5-4-6-10(15)7-9/h4-8,11H,1-3H3. The lowest BCUT2D eigenvalue weighted by atomic mass is 10.1. The molecule has 8 heteroatoms. The van der Waals surface area contributed by atoms with E-state index in [0.29, 0.717) is 5.56 Å². The lowest BCUT2D eigenvalue weighted by Crippen LogP contribution is -2.37. The van der Waals surface area contributed by atoms with Crippen LogP contribution in [-0.4, -0.2) is 45.7 Å². The Morgan fingerprint density at radius 1 is 1.41 bits per heavy atom. The quantitative estimate of drug-likeness (QED) is 0.767.